The minimum absolute atomic E-state index is 0. The highest BCUT2D eigenvalue weighted by Crippen LogP contribution is 2.37. The van der Waals surface area contributed by atoms with E-state index in [1.165, 1.54) is 41.6 Å². The van der Waals surface area contributed by atoms with Crippen molar-refractivity contribution in [2.24, 2.45) is 0 Å². The highest BCUT2D eigenvalue weighted by atomic mass is 79.9. The molecule has 4 aromatic carbocycles. The van der Waals surface area contributed by atoms with Crippen LogP contribution in [0, 0.1) is 0 Å². The molecule has 0 amide bonds. The van der Waals surface area contributed by atoms with Crippen LogP contribution in [0.25, 0.3) is 39.5 Å². The first-order valence-corrected chi connectivity index (χ1v) is 30.0. The van der Waals surface area contributed by atoms with Crippen LogP contribution < -0.4 is 24.4 Å². The van der Waals surface area contributed by atoms with Crippen molar-refractivity contribution in [3.63, 3.8) is 0 Å². The van der Waals surface area contributed by atoms with Crippen LogP contribution in [-0.4, -0.2) is 109 Å². The van der Waals surface area contributed by atoms with Crippen molar-refractivity contribution in [3.8, 4) is 45.5 Å². The topological polar surface area (TPSA) is 194 Å². The van der Waals surface area contributed by atoms with Gasteiger partial charge in [0, 0.05) is 41.3 Å². The third kappa shape index (κ3) is 22.9. The molecule has 0 radical (unpaired) electrons. The van der Waals surface area contributed by atoms with E-state index < -0.39 is 34.3 Å². The molecule has 0 unspecified atom stereocenters. The molecule has 0 atom stereocenters. The fourth-order valence-electron chi connectivity index (χ4n) is 8.05. The molecule has 7 heterocycles. The maximum Gasteiger partial charge on any atom is 0.494 e. The van der Waals surface area contributed by atoms with Crippen molar-refractivity contribution in [2.45, 2.75) is 173 Å². The van der Waals surface area contributed by atoms with E-state index in [-0.39, 0.29) is 102 Å². The number of fused-ring (bicyclic) bond motifs is 3. The molecule has 0 bridgehead atoms. The van der Waals surface area contributed by atoms with E-state index in [0.29, 0.717) is 11.4 Å². The summed E-state index contributed by atoms with van der Waals surface area (Å²) in [5.74, 6) is 1.32. The van der Waals surface area contributed by atoms with Gasteiger partial charge in [-0.1, -0.05) is 76.8 Å². The molecular formula is C66H85BBrCl3F6N12O7. The maximum atomic E-state index is 13.8. The number of alkyl halides is 8. The number of halogens is 10. The second-order valence-corrected chi connectivity index (χ2v) is 24.3. The van der Waals surface area contributed by atoms with Crippen LogP contribution in [0.2, 0.25) is 5.15 Å². The van der Waals surface area contributed by atoms with Crippen LogP contribution in [0.4, 0.5) is 26.3 Å². The summed E-state index contributed by atoms with van der Waals surface area (Å²) in [6.45, 7) is 24.0. The van der Waals surface area contributed by atoms with E-state index >= 15 is 0 Å². The van der Waals surface area contributed by atoms with E-state index in [1.807, 2.05) is 116 Å². The summed E-state index contributed by atoms with van der Waals surface area (Å²) in [5.41, 5.74) is 3.50. The summed E-state index contributed by atoms with van der Waals surface area (Å²) >= 11 is 18.7. The number of nitrogens with zero attached hydrogens (tertiary/aromatic N) is 12. The zero-order valence-corrected chi connectivity index (χ0v) is 55.4. The van der Waals surface area contributed by atoms with Crippen molar-refractivity contribution in [1.82, 2.24) is 58.7 Å². The molecule has 1 fully saturated rings. The highest BCUT2D eigenvalue weighted by Gasteiger charge is 2.51. The molecule has 10 aromatic rings. The van der Waals surface area contributed by atoms with Gasteiger partial charge in [-0.15, -0.1) is 30.6 Å². The summed E-state index contributed by atoms with van der Waals surface area (Å²) in [6, 6.07) is 30.2. The number of benzene rings is 4. The fourth-order valence-corrected chi connectivity index (χ4v) is 8.72. The molecule has 524 valence electrons. The quantitative estimate of drug-likeness (QED) is 0.0534. The van der Waals surface area contributed by atoms with Crippen LogP contribution >= 0.6 is 50.7 Å². The molecule has 1 aliphatic rings. The van der Waals surface area contributed by atoms with Crippen molar-refractivity contribution in [2.75, 3.05) is 7.11 Å². The summed E-state index contributed by atoms with van der Waals surface area (Å²) in [6.07, 6.45) is 5.07. The molecule has 96 heavy (non-hydrogen) atoms. The summed E-state index contributed by atoms with van der Waals surface area (Å²) < 4.78 is 122. The van der Waals surface area contributed by atoms with Gasteiger partial charge in [0.05, 0.1) is 65.6 Å². The van der Waals surface area contributed by atoms with Gasteiger partial charge < -0.3 is 33.0 Å². The monoisotopic (exact) mass is 1470 g/mol. The van der Waals surface area contributed by atoms with E-state index in [9.17, 15) is 26.3 Å². The summed E-state index contributed by atoms with van der Waals surface area (Å²) in [5, 5.41) is 13.8. The smallest absolute Gasteiger partial charge is 0.491 e. The molecule has 6 aromatic heterocycles. The Morgan fingerprint density at radius 2 is 0.760 bits per heavy atom. The van der Waals surface area contributed by atoms with Crippen molar-refractivity contribution in [1.29, 1.82) is 0 Å². The number of aromatic nitrogens is 12. The van der Waals surface area contributed by atoms with Gasteiger partial charge in [-0.25, -0.2) is 4.98 Å². The summed E-state index contributed by atoms with van der Waals surface area (Å²) in [7, 11) is 0.606. The number of hydrogen-bond donors (Lipinski definition) is 0. The van der Waals surface area contributed by atoms with E-state index in [2.05, 4.69) is 93.9 Å². The molecular weight excluding hydrogens is 1380 g/mol. The predicted octanol–water partition coefficient (Wildman–Crippen LogP) is 18.4. The second-order valence-electron chi connectivity index (χ2n) is 22.1. The second kappa shape index (κ2) is 35.7. The van der Waals surface area contributed by atoms with Crippen LogP contribution in [0.1, 0.15) is 138 Å². The van der Waals surface area contributed by atoms with E-state index in [0.717, 1.165) is 60.0 Å². The minimum Gasteiger partial charge on any atom is -0.491 e. The molecule has 19 nitrogen and oxygen atoms in total. The Morgan fingerprint density at radius 3 is 1.09 bits per heavy atom. The van der Waals surface area contributed by atoms with E-state index in [4.69, 9.17) is 63.1 Å². The van der Waals surface area contributed by atoms with Gasteiger partial charge in [0.1, 0.15) is 28.2 Å². The average molecular weight is 1470 g/mol. The van der Waals surface area contributed by atoms with Gasteiger partial charge >= 0.3 is 24.0 Å². The number of rotatable bonds is 15. The molecule has 1 saturated heterocycles. The van der Waals surface area contributed by atoms with E-state index in [1.54, 1.807) is 36.4 Å². The molecule has 0 spiro atoms. The van der Waals surface area contributed by atoms with Gasteiger partial charge in [0.25, 0.3) is 0 Å². The third-order valence-electron chi connectivity index (χ3n) is 12.9. The Labute approximate surface area is 581 Å². The number of methoxy groups -OCH3 is 1. The highest BCUT2D eigenvalue weighted by molar-refractivity contribution is 9.10. The lowest BCUT2D eigenvalue weighted by molar-refractivity contribution is -0.237. The Kier molecular flexibility index (Phi) is 31.5. The lowest BCUT2D eigenvalue weighted by Gasteiger charge is -2.32. The van der Waals surface area contributed by atoms with Gasteiger partial charge in [0.2, 0.25) is 17.5 Å². The van der Waals surface area contributed by atoms with Gasteiger partial charge in [0.15, 0.2) is 16.9 Å². The van der Waals surface area contributed by atoms with Crippen LogP contribution in [0.3, 0.4) is 0 Å². The molecule has 11 rings (SSSR count). The van der Waals surface area contributed by atoms with Crippen LogP contribution in [0.5, 0.6) is 23.0 Å². The first-order chi connectivity index (χ1) is 42.6. The van der Waals surface area contributed by atoms with Crippen LogP contribution in [0.15, 0.2) is 139 Å². The van der Waals surface area contributed by atoms with Crippen molar-refractivity contribution < 1.29 is 59.3 Å². The Hall–Kier alpha value is -7.40. The SMILES string of the molecule is C.C.C.C.C.CC(C)Oc1ccc(-c2cn3c(C(F)(F)Cl)nnc3cn2)cc1.CC(C)Oc1ccc(B2OC(C)(C)C(C)(C)O2)cc1.CC(C)Oc1ccc(Br)cc1.COC(F)(F)c1nnc2cnc(-c3ccc(OC(C)C)cc3)cn12.FC(F)(Cl)c1nnc2cnc(Cl)cn12. The summed E-state index contributed by atoms with van der Waals surface area (Å²) in [4.78, 5) is 12.1. The first kappa shape index (κ1) is 84.7. The lowest BCUT2D eigenvalue weighted by atomic mass is 9.79. The minimum atomic E-state index is -3.60. The standard InChI is InChI=1S/C16H16F2N4O2.C15H23BO3.C15H13ClF2N4O.C9H11BrO.C6H2Cl2F2N4.5CH4/c1-10(2)24-12-6-4-11(5-7-12)13-9-22-14(8-19-13)20-21-15(22)16(17,18)23-3;1-11(2)17-13-9-7-12(8-10-13)16-18-14(3,4)15(5,6)19-16;1-9(2)23-11-5-3-10(4-6-11)12-8-22-13(7-19-12)20-21-14(22)15(16,17)18;1-7(2)11-9-5-3-8(10)4-6-9;7-3-2-14-4(1-11-3)12-13-5(14)6(8,9)10;;;;;/h4-10H,1-3H3;7-11H,1-6H3;3-9H,1-2H3;3-7H,1-2H3;1-2H;5*1H4. The normalized spacial score (nSPS) is 13.0. The Morgan fingerprint density at radius 1 is 0.458 bits per heavy atom. The zero-order chi connectivity index (χ0) is 66.8. The molecule has 0 aliphatic carbocycles. The Bertz CT molecular complexity index is 3960. The molecule has 0 N–H and O–H groups in total. The van der Waals surface area contributed by atoms with Gasteiger partial charge in [-0.3, -0.25) is 23.2 Å². The maximum absolute atomic E-state index is 13.8. The zero-order valence-electron chi connectivity index (χ0n) is 51.6. The fraction of sp³-hybridized carbons (Fsp3) is 0.409. The lowest BCUT2D eigenvalue weighted by Crippen LogP contribution is -2.41. The Balaban J connectivity index is 0.000000412. The number of ether oxygens (including phenoxy) is 5. The molecule has 1 aliphatic heterocycles. The first-order valence-electron chi connectivity index (χ1n) is 28.1. The number of hydrogen-bond acceptors (Lipinski definition) is 16. The van der Waals surface area contributed by atoms with Crippen LogP contribution in [-0.2, 0) is 30.9 Å². The predicted molar refractivity (Wildman–Crippen MR) is 372 cm³/mol. The van der Waals surface area contributed by atoms with Crippen molar-refractivity contribution >= 4 is 80.3 Å². The third-order valence-corrected chi connectivity index (χ3v) is 13.9. The van der Waals surface area contributed by atoms with Gasteiger partial charge in [-0.05, 0) is 197 Å². The largest absolute Gasteiger partial charge is 0.494 e. The van der Waals surface area contributed by atoms with Crippen molar-refractivity contribution in [3.05, 3.63) is 161 Å². The average Bonchev–Trinajstić information content (AvgIpc) is 1.64. The van der Waals surface area contributed by atoms with Gasteiger partial charge in [-0.2, -0.15) is 26.3 Å². The molecule has 0 saturated carbocycles. The molecule has 30 heteroatoms.